The second-order valence-electron chi connectivity index (χ2n) is 7.07. The van der Waals surface area contributed by atoms with Crippen LogP contribution >= 0.6 is 22.7 Å². The predicted molar refractivity (Wildman–Crippen MR) is 128 cm³/mol. The smallest absolute Gasteiger partial charge is 0.283 e. The van der Waals surface area contributed by atoms with Crippen LogP contribution in [0.2, 0.25) is 0 Å². The Bertz CT molecular complexity index is 1450. The van der Waals surface area contributed by atoms with Crippen LogP contribution in [0.25, 0.3) is 21.9 Å². The van der Waals surface area contributed by atoms with Gasteiger partial charge < -0.3 is 0 Å². The molecule has 0 N–H and O–H groups in total. The Hall–Kier alpha value is -3.42. The fourth-order valence-electron chi connectivity index (χ4n) is 3.63. The van der Waals surface area contributed by atoms with Gasteiger partial charge in [-0.25, -0.2) is 9.67 Å². The van der Waals surface area contributed by atoms with Crippen LogP contribution < -0.4 is 10.4 Å². The molecule has 0 spiro atoms. The van der Waals surface area contributed by atoms with Gasteiger partial charge in [-0.15, -0.1) is 22.7 Å². The maximum Gasteiger partial charge on any atom is 0.296 e. The van der Waals surface area contributed by atoms with Crippen molar-refractivity contribution in [3.63, 3.8) is 0 Å². The van der Waals surface area contributed by atoms with Crippen molar-refractivity contribution in [2.45, 2.75) is 6.92 Å². The van der Waals surface area contributed by atoms with Gasteiger partial charge in [0.25, 0.3) is 5.56 Å². The highest BCUT2D eigenvalue weighted by molar-refractivity contribution is 7.14. The zero-order valence-corrected chi connectivity index (χ0v) is 18.7. The molecule has 0 atom stereocenters. The van der Waals surface area contributed by atoms with Crippen molar-refractivity contribution in [1.29, 1.82) is 0 Å². The third-order valence-corrected chi connectivity index (χ3v) is 6.93. The lowest BCUT2D eigenvalue weighted by molar-refractivity contribution is 0.630. The van der Waals surface area contributed by atoms with Crippen molar-refractivity contribution >= 4 is 28.4 Å². The van der Waals surface area contributed by atoms with Gasteiger partial charge in [0.2, 0.25) is 0 Å². The number of thiazole rings is 1. The third kappa shape index (κ3) is 3.41. The van der Waals surface area contributed by atoms with E-state index >= 15 is 0 Å². The van der Waals surface area contributed by atoms with Gasteiger partial charge in [-0.1, -0.05) is 42.5 Å². The highest BCUT2D eigenvalue weighted by Crippen LogP contribution is 2.28. The summed E-state index contributed by atoms with van der Waals surface area (Å²) in [5.74, 6) is 0. The largest absolute Gasteiger partial charge is 0.296 e. The summed E-state index contributed by atoms with van der Waals surface area (Å²) in [5, 5.41) is 4.12. The highest BCUT2D eigenvalue weighted by Gasteiger charge is 2.22. The lowest BCUT2D eigenvalue weighted by atomic mass is 10.3. The quantitative estimate of drug-likeness (QED) is 0.371. The van der Waals surface area contributed by atoms with E-state index in [1.54, 1.807) is 16.0 Å². The monoisotopic (exact) mass is 444 g/mol. The molecule has 2 aromatic carbocycles. The van der Waals surface area contributed by atoms with Crippen LogP contribution in [-0.2, 0) is 7.05 Å². The van der Waals surface area contributed by atoms with Gasteiger partial charge in [0, 0.05) is 12.4 Å². The molecule has 0 radical (unpaired) electrons. The zero-order valence-electron chi connectivity index (χ0n) is 17.1. The first-order valence-corrected chi connectivity index (χ1v) is 11.6. The van der Waals surface area contributed by atoms with Crippen LogP contribution in [0.15, 0.2) is 93.3 Å². The molecule has 0 fully saturated rings. The Labute approximate surface area is 187 Å². The summed E-state index contributed by atoms with van der Waals surface area (Å²) in [4.78, 5) is 20.5. The summed E-state index contributed by atoms with van der Waals surface area (Å²) in [7, 11) is 1.92. The predicted octanol–water partition coefficient (Wildman–Crippen LogP) is 5.30. The summed E-state index contributed by atoms with van der Waals surface area (Å²) in [6.45, 7) is 1.98. The maximum atomic E-state index is 13.7. The Balaban J connectivity index is 1.83. The molecule has 0 saturated heterocycles. The van der Waals surface area contributed by atoms with E-state index in [1.807, 2.05) is 95.3 Å². The fourth-order valence-corrected chi connectivity index (χ4v) is 5.34. The second-order valence-corrected chi connectivity index (χ2v) is 8.86. The molecule has 3 heterocycles. The molecule has 154 valence electrons. The van der Waals surface area contributed by atoms with E-state index in [1.165, 1.54) is 11.3 Å². The molecule has 7 heteroatoms. The summed E-state index contributed by atoms with van der Waals surface area (Å²) in [5.41, 5.74) is 4.08. The first-order valence-electron chi connectivity index (χ1n) is 9.84. The van der Waals surface area contributed by atoms with Gasteiger partial charge in [-0.3, -0.25) is 14.0 Å². The van der Waals surface area contributed by atoms with Crippen LogP contribution in [0.5, 0.6) is 0 Å². The van der Waals surface area contributed by atoms with Crippen molar-refractivity contribution in [1.82, 2.24) is 13.9 Å². The van der Waals surface area contributed by atoms with Crippen LogP contribution in [-0.4, -0.2) is 13.9 Å². The lowest BCUT2D eigenvalue weighted by Crippen LogP contribution is -2.24. The summed E-state index contributed by atoms with van der Waals surface area (Å²) < 4.78 is 5.61. The molecule has 0 aliphatic heterocycles. The Morgan fingerprint density at radius 3 is 2.26 bits per heavy atom. The topological polar surface area (TPSA) is 44.2 Å². The molecule has 0 aliphatic rings. The van der Waals surface area contributed by atoms with E-state index in [2.05, 4.69) is 11.4 Å². The van der Waals surface area contributed by atoms with Gasteiger partial charge in [-0.2, -0.15) is 0 Å². The van der Waals surface area contributed by atoms with E-state index in [0.717, 1.165) is 32.4 Å². The maximum absolute atomic E-state index is 13.7. The molecular weight excluding hydrogens is 424 g/mol. The zero-order chi connectivity index (χ0) is 21.4. The van der Waals surface area contributed by atoms with Crippen molar-refractivity contribution in [2.24, 2.45) is 12.0 Å². The molecule has 5 nitrogen and oxygen atoms in total. The molecule has 0 amide bonds. The lowest BCUT2D eigenvalue weighted by Gasteiger charge is -2.07. The molecule has 5 rings (SSSR count). The third-order valence-electron chi connectivity index (χ3n) is 5.21. The SMILES string of the molecule is Cc1c(-n2c(-c3cccs3)csc2=Nc2ccccc2)c(=O)n(-c2ccccc2)n1C. The molecular formula is C24H20N4OS2. The van der Waals surface area contributed by atoms with Crippen molar-refractivity contribution in [3.8, 4) is 21.9 Å². The molecule has 0 unspecified atom stereocenters. The first kappa shape index (κ1) is 19.5. The van der Waals surface area contributed by atoms with Crippen LogP contribution in [0.4, 0.5) is 5.69 Å². The summed E-state index contributed by atoms with van der Waals surface area (Å²) in [6.07, 6.45) is 0. The van der Waals surface area contributed by atoms with E-state index in [-0.39, 0.29) is 5.56 Å². The Kier molecular flexibility index (Phi) is 5.05. The molecule has 0 aliphatic carbocycles. The highest BCUT2D eigenvalue weighted by atomic mass is 32.1. The van der Waals surface area contributed by atoms with Gasteiger partial charge in [-0.05, 0) is 42.6 Å². The van der Waals surface area contributed by atoms with Crippen molar-refractivity contribution < 1.29 is 0 Å². The normalized spacial score (nSPS) is 11.9. The second kappa shape index (κ2) is 8.02. The van der Waals surface area contributed by atoms with Gasteiger partial charge in [0.05, 0.1) is 27.6 Å². The van der Waals surface area contributed by atoms with Crippen LogP contribution in [0.3, 0.4) is 0 Å². The Morgan fingerprint density at radius 2 is 1.58 bits per heavy atom. The van der Waals surface area contributed by atoms with E-state index in [9.17, 15) is 4.79 Å². The van der Waals surface area contributed by atoms with Gasteiger partial charge in [0.1, 0.15) is 5.69 Å². The molecule has 5 aromatic rings. The fraction of sp³-hybridized carbons (Fsp3) is 0.0833. The van der Waals surface area contributed by atoms with Crippen LogP contribution in [0, 0.1) is 6.92 Å². The molecule has 0 bridgehead atoms. The number of benzene rings is 2. The molecule has 0 saturated carbocycles. The Morgan fingerprint density at radius 1 is 0.871 bits per heavy atom. The van der Waals surface area contributed by atoms with E-state index in [4.69, 9.17) is 4.99 Å². The number of rotatable bonds is 4. The van der Waals surface area contributed by atoms with E-state index < -0.39 is 0 Å². The minimum Gasteiger partial charge on any atom is -0.283 e. The number of aromatic nitrogens is 3. The number of nitrogens with zero attached hydrogens (tertiary/aromatic N) is 4. The number of para-hydroxylation sites is 2. The van der Waals surface area contributed by atoms with Gasteiger partial charge >= 0.3 is 0 Å². The van der Waals surface area contributed by atoms with Crippen LogP contribution in [0.1, 0.15) is 5.69 Å². The minimum absolute atomic E-state index is 0.0723. The first-order chi connectivity index (χ1) is 15.1. The summed E-state index contributed by atoms with van der Waals surface area (Å²) in [6, 6.07) is 23.6. The number of hydrogen-bond donors (Lipinski definition) is 0. The summed E-state index contributed by atoms with van der Waals surface area (Å²) >= 11 is 3.19. The number of hydrogen-bond acceptors (Lipinski definition) is 4. The average molecular weight is 445 g/mol. The van der Waals surface area contributed by atoms with Gasteiger partial charge in [0.15, 0.2) is 4.80 Å². The molecule has 31 heavy (non-hydrogen) atoms. The van der Waals surface area contributed by atoms with Crippen molar-refractivity contribution in [2.75, 3.05) is 0 Å². The molecule has 3 aromatic heterocycles. The minimum atomic E-state index is -0.0723. The number of thiophene rings is 1. The standard InChI is InChI=1S/C24H20N4OS2/c1-17-22(23(29)28(26(17)2)19-12-7-4-8-13-19)27-20(21-14-9-15-30-21)16-31-24(27)25-18-10-5-3-6-11-18/h3-16H,1-2H3. The average Bonchev–Trinajstić information content (AvgIpc) is 3.50. The van der Waals surface area contributed by atoms with E-state index in [0.29, 0.717) is 5.69 Å². The van der Waals surface area contributed by atoms with Crippen molar-refractivity contribution in [3.05, 3.63) is 104 Å².